The van der Waals surface area contributed by atoms with E-state index in [1.54, 1.807) is 17.0 Å². The summed E-state index contributed by atoms with van der Waals surface area (Å²) in [5, 5.41) is 40.5. The number of amidine groups is 1. The summed E-state index contributed by atoms with van der Waals surface area (Å²) in [6, 6.07) is 6.96. The first kappa shape index (κ1) is 14.9. The molecule has 2 aliphatic heterocycles. The van der Waals surface area contributed by atoms with Gasteiger partial charge in [0.1, 0.15) is 17.9 Å². The average Bonchev–Trinajstić information content (AvgIpc) is 2.54. The second-order valence-corrected chi connectivity index (χ2v) is 4.90. The summed E-state index contributed by atoms with van der Waals surface area (Å²) in [5.74, 6) is 0.296. The number of fused-ring (bicyclic) bond motifs is 2. The number of hydrogen-bond acceptors (Lipinski definition) is 8. The largest absolute Gasteiger partial charge is 0.372 e. The molecular weight excluding hydrogens is 296 g/mol. The highest BCUT2D eigenvalue weighted by atomic mass is 16.3. The number of aliphatic hydroxyl groups is 2. The van der Waals surface area contributed by atoms with Crippen LogP contribution in [0.3, 0.4) is 0 Å². The quantitative estimate of drug-likeness (QED) is 0.665. The maximum absolute atomic E-state index is 10.1. The zero-order valence-corrected chi connectivity index (χ0v) is 11.9. The van der Waals surface area contributed by atoms with Crippen molar-refractivity contribution in [2.75, 3.05) is 11.4 Å². The molecule has 114 valence electrons. The Labute approximate surface area is 131 Å². The summed E-state index contributed by atoms with van der Waals surface area (Å²) in [5.41, 5.74) is 1.65. The fourth-order valence-corrected chi connectivity index (χ4v) is 2.51. The van der Waals surface area contributed by atoms with E-state index in [4.69, 9.17) is 5.26 Å². The fourth-order valence-electron chi connectivity index (χ4n) is 2.51. The predicted octanol–water partition coefficient (Wildman–Crippen LogP) is 0.104. The number of aliphatic hydroxyl groups excluding tert-OH is 2. The van der Waals surface area contributed by atoms with E-state index in [2.05, 4.69) is 21.9 Å². The number of anilines is 1. The minimum Gasteiger partial charge on any atom is -0.372 e. The Balaban J connectivity index is 2.26. The summed E-state index contributed by atoms with van der Waals surface area (Å²) >= 11 is 0. The van der Waals surface area contributed by atoms with Gasteiger partial charge in [0.05, 0.1) is 22.5 Å². The van der Waals surface area contributed by atoms with Crippen LogP contribution in [0.15, 0.2) is 34.8 Å². The molecule has 2 unspecified atom stereocenters. The van der Waals surface area contributed by atoms with Crippen molar-refractivity contribution < 1.29 is 10.2 Å². The molecule has 0 radical (unpaired) electrons. The van der Waals surface area contributed by atoms with E-state index < -0.39 is 12.6 Å². The first-order chi connectivity index (χ1) is 11.1. The van der Waals surface area contributed by atoms with Gasteiger partial charge < -0.3 is 15.1 Å². The number of nitriles is 2. The molecule has 2 heterocycles. The van der Waals surface area contributed by atoms with Gasteiger partial charge in [-0.2, -0.15) is 10.5 Å². The SMILES string of the molecule is C=CCN1C2=NC(O)NC(O)C2=Nc2cc(C#N)c(C#N)cc21. The van der Waals surface area contributed by atoms with E-state index in [0.717, 1.165) is 0 Å². The molecule has 8 heteroatoms. The number of aliphatic imine (C=N–C) groups is 2. The van der Waals surface area contributed by atoms with Crippen molar-refractivity contribution in [2.45, 2.75) is 12.6 Å². The molecule has 0 amide bonds. The number of rotatable bonds is 2. The van der Waals surface area contributed by atoms with Gasteiger partial charge in [-0.1, -0.05) is 6.08 Å². The van der Waals surface area contributed by atoms with Crippen LogP contribution in [0.1, 0.15) is 11.1 Å². The Hall–Kier alpha value is -3.04. The lowest BCUT2D eigenvalue weighted by Gasteiger charge is -2.36. The van der Waals surface area contributed by atoms with E-state index in [9.17, 15) is 15.5 Å². The van der Waals surface area contributed by atoms with Crippen LogP contribution < -0.4 is 10.2 Å². The van der Waals surface area contributed by atoms with Gasteiger partial charge in [0.2, 0.25) is 6.35 Å². The summed E-state index contributed by atoms with van der Waals surface area (Å²) in [4.78, 5) is 10.1. The topological polar surface area (TPSA) is 128 Å². The molecule has 0 spiro atoms. The molecule has 8 nitrogen and oxygen atoms in total. The summed E-state index contributed by atoms with van der Waals surface area (Å²) < 4.78 is 0. The zero-order chi connectivity index (χ0) is 16.6. The van der Waals surface area contributed by atoms with Crippen LogP contribution in [0, 0.1) is 22.7 Å². The molecule has 0 aromatic heterocycles. The summed E-state index contributed by atoms with van der Waals surface area (Å²) in [7, 11) is 0. The lowest BCUT2D eigenvalue weighted by Crippen LogP contribution is -2.56. The van der Waals surface area contributed by atoms with Gasteiger partial charge in [-0.05, 0) is 12.1 Å². The Morgan fingerprint density at radius 1 is 1.30 bits per heavy atom. The van der Waals surface area contributed by atoms with Crippen molar-refractivity contribution in [1.82, 2.24) is 5.32 Å². The van der Waals surface area contributed by atoms with Crippen molar-refractivity contribution in [3.8, 4) is 12.1 Å². The van der Waals surface area contributed by atoms with Crippen LogP contribution in [0.2, 0.25) is 0 Å². The van der Waals surface area contributed by atoms with Gasteiger partial charge in [-0.3, -0.25) is 0 Å². The summed E-state index contributed by atoms with van der Waals surface area (Å²) in [6.07, 6.45) is -0.832. The maximum Gasteiger partial charge on any atom is 0.206 e. The molecule has 0 saturated carbocycles. The van der Waals surface area contributed by atoms with E-state index in [1.807, 2.05) is 12.1 Å². The zero-order valence-electron chi connectivity index (χ0n) is 11.9. The second kappa shape index (κ2) is 5.63. The maximum atomic E-state index is 10.1. The van der Waals surface area contributed by atoms with Gasteiger partial charge in [-0.15, -0.1) is 6.58 Å². The summed E-state index contributed by atoms with van der Waals surface area (Å²) in [6.45, 7) is 4.02. The Morgan fingerprint density at radius 2 is 2.00 bits per heavy atom. The lowest BCUT2D eigenvalue weighted by atomic mass is 10.0. The van der Waals surface area contributed by atoms with Crippen molar-refractivity contribution in [3.63, 3.8) is 0 Å². The lowest BCUT2D eigenvalue weighted by molar-refractivity contribution is 0.0770. The minimum absolute atomic E-state index is 0.202. The normalized spacial score (nSPS) is 22.0. The van der Waals surface area contributed by atoms with Gasteiger partial charge >= 0.3 is 0 Å². The van der Waals surface area contributed by atoms with Gasteiger partial charge in [0, 0.05) is 6.54 Å². The third-order valence-electron chi connectivity index (χ3n) is 3.49. The van der Waals surface area contributed by atoms with E-state index in [-0.39, 0.29) is 16.8 Å². The first-order valence-electron chi connectivity index (χ1n) is 6.74. The van der Waals surface area contributed by atoms with Crippen LogP contribution in [0.5, 0.6) is 0 Å². The minimum atomic E-state index is -1.26. The Morgan fingerprint density at radius 3 is 2.65 bits per heavy atom. The van der Waals surface area contributed by atoms with Gasteiger partial charge in [0.25, 0.3) is 0 Å². The molecule has 3 rings (SSSR count). The third kappa shape index (κ3) is 2.37. The van der Waals surface area contributed by atoms with Crippen molar-refractivity contribution >= 4 is 22.9 Å². The number of hydrogen-bond donors (Lipinski definition) is 3. The molecular formula is C15H12N6O2. The highest BCUT2D eigenvalue weighted by molar-refractivity contribution is 6.49. The fraction of sp³-hybridized carbons (Fsp3) is 0.200. The predicted molar refractivity (Wildman–Crippen MR) is 83.1 cm³/mol. The van der Waals surface area contributed by atoms with Crippen LogP contribution in [0.4, 0.5) is 11.4 Å². The number of nitrogens with one attached hydrogen (secondary N) is 1. The molecule has 3 N–H and O–H groups in total. The molecule has 1 aromatic carbocycles. The highest BCUT2D eigenvalue weighted by Gasteiger charge is 2.35. The Bertz CT molecular complexity index is 830. The average molecular weight is 308 g/mol. The van der Waals surface area contributed by atoms with Crippen LogP contribution in [0.25, 0.3) is 0 Å². The molecule has 2 atom stereocenters. The molecule has 0 saturated heterocycles. The van der Waals surface area contributed by atoms with Gasteiger partial charge in [0.15, 0.2) is 12.1 Å². The standard InChI is InChI=1S/C15H12N6O2/c1-2-3-21-11-5-9(7-17)8(6-16)4-10(11)18-12-13(21)19-15(23)20-14(12)22/h2,4-5,14-15,20,22-23H,1,3H2. The van der Waals surface area contributed by atoms with Crippen LogP contribution >= 0.6 is 0 Å². The van der Waals surface area contributed by atoms with Crippen LogP contribution in [-0.4, -0.2) is 40.9 Å². The monoisotopic (exact) mass is 308 g/mol. The molecule has 0 fully saturated rings. The number of benzene rings is 1. The number of nitrogens with zero attached hydrogens (tertiary/aromatic N) is 5. The third-order valence-corrected chi connectivity index (χ3v) is 3.49. The highest BCUT2D eigenvalue weighted by Crippen LogP contribution is 2.36. The van der Waals surface area contributed by atoms with Crippen molar-refractivity contribution in [2.24, 2.45) is 9.98 Å². The van der Waals surface area contributed by atoms with Crippen molar-refractivity contribution in [1.29, 1.82) is 10.5 Å². The first-order valence-corrected chi connectivity index (χ1v) is 6.74. The molecule has 0 aliphatic carbocycles. The van der Waals surface area contributed by atoms with Crippen molar-refractivity contribution in [3.05, 3.63) is 35.9 Å². The molecule has 2 aliphatic rings. The Kier molecular flexibility index (Phi) is 3.64. The smallest absolute Gasteiger partial charge is 0.206 e. The van der Waals surface area contributed by atoms with E-state index in [0.29, 0.717) is 23.8 Å². The molecule has 1 aromatic rings. The molecule has 0 bridgehead atoms. The molecule has 23 heavy (non-hydrogen) atoms. The van der Waals surface area contributed by atoms with E-state index in [1.165, 1.54) is 6.07 Å². The second-order valence-electron chi connectivity index (χ2n) is 4.90. The van der Waals surface area contributed by atoms with Crippen LogP contribution in [-0.2, 0) is 0 Å². The van der Waals surface area contributed by atoms with Gasteiger partial charge in [-0.25, -0.2) is 15.3 Å². The van der Waals surface area contributed by atoms with E-state index >= 15 is 0 Å².